The van der Waals surface area contributed by atoms with Crippen LogP contribution in [0.1, 0.15) is 12.5 Å². The zero-order chi connectivity index (χ0) is 10.4. The third-order valence-corrected chi connectivity index (χ3v) is 2.09. The highest BCUT2D eigenvalue weighted by Gasteiger charge is 2.02. The molecule has 1 aromatic rings. The van der Waals surface area contributed by atoms with Crippen molar-refractivity contribution < 1.29 is 0 Å². The van der Waals surface area contributed by atoms with E-state index in [0.29, 0.717) is 18.0 Å². The van der Waals surface area contributed by atoms with Crippen LogP contribution in [0.3, 0.4) is 0 Å². The van der Waals surface area contributed by atoms with Crippen LogP contribution in [0, 0.1) is 17.2 Å². The molecule has 0 aliphatic rings. The molecule has 1 aromatic carbocycles. The zero-order valence-corrected chi connectivity index (χ0v) is 8.33. The number of anilines is 1. The molecule has 0 amide bonds. The van der Waals surface area contributed by atoms with E-state index < -0.39 is 0 Å². The highest BCUT2D eigenvalue weighted by atomic mass is 14.9. The standard InChI is InChI=1S/C11H15N3/c1-9(6-12)8-14-11-5-3-2-4-10(11)7-13/h2-5,9,14H,6,8,12H2,1H3. The normalized spacial score (nSPS) is 11.8. The summed E-state index contributed by atoms with van der Waals surface area (Å²) in [4.78, 5) is 0. The first-order valence-corrected chi connectivity index (χ1v) is 4.71. The lowest BCUT2D eigenvalue weighted by Gasteiger charge is -2.11. The van der Waals surface area contributed by atoms with Crippen LogP contribution in [0.4, 0.5) is 5.69 Å². The number of nitrogens with one attached hydrogen (secondary N) is 1. The van der Waals surface area contributed by atoms with Crippen molar-refractivity contribution in [1.82, 2.24) is 0 Å². The Morgan fingerprint density at radius 2 is 2.21 bits per heavy atom. The summed E-state index contributed by atoms with van der Waals surface area (Å²) in [7, 11) is 0. The Morgan fingerprint density at radius 1 is 1.50 bits per heavy atom. The van der Waals surface area contributed by atoms with Gasteiger partial charge in [-0.2, -0.15) is 5.26 Å². The minimum absolute atomic E-state index is 0.418. The van der Waals surface area contributed by atoms with Crippen LogP contribution >= 0.6 is 0 Å². The van der Waals surface area contributed by atoms with Gasteiger partial charge in [-0.3, -0.25) is 0 Å². The van der Waals surface area contributed by atoms with Gasteiger partial charge in [0, 0.05) is 6.54 Å². The lowest BCUT2D eigenvalue weighted by molar-refractivity contribution is 0.628. The average molecular weight is 189 g/mol. The molecule has 0 bridgehead atoms. The summed E-state index contributed by atoms with van der Waals surface area (Å²) in [5, 5.41) is 12.0. The van der Waals surface area contributed by atoms with Crippen LogP contribution in [0.25, 0.3) is 0 Å². The molecule has 0 fully saturated rings. The van der Waals surface area contributed by atoms with Gasteiger partial charge in [0.15, 0.2) is 0 Å². The van der Waals surface area contributed by atoms with Gasteiger partial charge in [0.25, 0.3) is 0 Å². The number of nitrogens with two attached hydrogens (primary N) is 1. The maximum Gasteiger partial charge on any atom is 0.101 e. The third-order valence-electron chi connectivity index (χ3n) is 2.09. The number of para-hydroxylation sites is 1. The fourth-order valence-corrected chi connectivity index (χ4v) is 1.10. The fraction of sp³-hybridized carbons (Fsp3) is 0.364. The third kappa shape index (κ3) is 2.75. The first-order valence-electron chi connectivity index (χ1n) is 4.71. The van der Waals surface area contributed by atoms with Gasteiger partial charge in [0.2, 0.25) is 0 Å². The molecule has 0 radical (unpaired) electrons. The summed E-state index contributed by atoms with van der Waals surface area (Å²) < 4.78 is 0. The molecular weight excluding hydrogens is 174 g/mol. The first kappa shape index (κ1) is 10.6. The molecule has 0 spiro atoms. The van der Waals surface area contributed by atoms with Crippen molar-refractivity contribution in [3.8, 4) is 6.07 Å². The lowest BCUT2D eigenvalue weighted by Crippen LogP contribution is -2.20. The Morgan fingerprint density at radius 3 is 2.86 bits per heavy atom. The topological polar surface area (TPSA) is 61.8 Å². The van der Waals surface area contributed by atoms with Crippen molar-refractivity contribution in [3.63, 3.8) is 0 Å². The molecule has 0 saturated heterocycles. The van der Waals surface area contributed by atoms with E-state index in [4.69, 9.17) is 11.0 Å². The van der Waals surface area contributed by atoms with E-state index in [0.717, 1.165) is 12.2 Å². The van der Waals surface area contributed by atoms with Crippen LogP contribution in [-0.2, 0) is 0 Å². The van der Waals surface area contributed by atoms with Gasteiger partial charge in [-0.1, -0.05) is 19.1 Å². The molecule has 1 atom stereocenters. The number of rotatable bonds is 4. The zero-order valence-electron chi connectivity index (χ0n) is 8.33. The second-order valence-corrected chi connectivity index (χ2v) is 3.38. The second kappa shape index (κ2) is 5.25. The fourth-order valence-electron chi connectivity index (χ4n) is 1.10. The molecule has 14 heavy (non-hydrogen) atoms. The van der Waals surface area contributed by atoms with Crippen molar-refractivity contribution in [3.05, 3.63) is 29.8 Å². The Bertz CT molecular complexity index is 328. The van der Waals surface area contributed by atoms with E-state index in [1.807, 2.05) is 18.2 Å². The summed E-state index contributed by atoms with van der Waals surface area (Å²) in [5.41, 5.74) is 7.06. The van der Waals surface area contributed by atoms with Crippen molar-refractivity contribution in [2.75, 3.05) is 18.4 Å². The molecule has 3 nitrogen and oxygen atoms in total. The predicted molar refractivity (Wildman–Crippen MR) is 57.9 cm³/mol. The Kier molecular flexibility index (Phi) is 3.96. The Hall–Kier alpha value is -1.53. The van der Waals surface area contributed by atoms with Crippen molar-refractivity contribution in [2.45, 2.75) is 6.92 Å². The van der Waals surface area contributed by atoms with Crippen LogP contribution in [-0.4, -0.2) is 13.1 Å². The quantitative estimate of drug-likeness (QED) is 0.755. The van der Waals surface area contributed by atoms with E-state index in [1.165, 1.54) is 0 Å². The lowest BCUT2D eigenvalue weighted by atomic mass is 10.1. The van der Waals surface area contributed by atoms with E-state index in [-0.39, 0.29) is 0 Å². The Labute approximate surface area is 84.5 Å². The average Bonchev–Trinajstić information content (AvgIpc) is 2.26. The van der Waals surface area contributed by atoms with Gasteiger partial charge < -0.3 is 11.1 Å². The van der Waals surface area contributed by atoms with Gasteiger partial charge in [-0.15, -0.1) is 0 Å². The SMILES string of the molecule is CC(CN)CNc1ccccc1C#N. The molecule has 0 aromatic heterocycles. The van der Waals surface area contributed by atoms with E-state index >= 15 is 0 Å². The van der Waals surface area contributed by atoms with E-state index in [2.05, 4.69) is 18.3 Å². The molecule has 3 N–H and O–H groups in total. The number of hydrogen-bond acceptors (Lipinski definition) is 3. The van der Waals surface area contributed by atoms with Gasteiger partial charge >= 0.3 is 0 Å². The first-order chi connectivity index (χ1) is 6.77. The number of nitrogens with zero attached hydrogens (tertiary/aromatic N) is 1. The molecule has 1 rings (SSSR count). The molecule has 74 valence electrons. The van der Waals surface area contributed by atoms with Crippen LogP contribution in [0.2, 0.25) is 0 Å². The number of nitriles is 1. The molecule has 0 aliphatic carbocycles. The molecule has 0 heterocycles. The summed E-state index contributed by atoms with van der Waals surface area (Å²) in [6.07, 6.45) is 0. The molecule has 3 heteroatoms. The highest BCUT2D eigenvalue weighted by molar-refractivity contribution is 5.57. The van der Waals surface area contributed by atoms with Crippen molar-refractivity contribution in [1.29, 1.82) is 5.26 Å². The summed E-state index contributed by atoms with van der Waals surface area (Å²) >= 11 is 0. The van der Waals surface area contributed by atoms with Crippen molar-refractivity contribution in [2.24, 2.45) is 11.7 Å². The molecule has 0 aliphatic heterocycles. The van der Waals surface area contributed by atoms with Gasteiger partial charge in [0.1, 0.15) is 6.07 Å². The van der Waals surface area contributed by atoms with Gasteiger partial charge in [-0.25, -0.2) is 0 Å². The van der Waals surface area contributed by atoms with Crippen LogP contribution in [0.15, 0.2) is 24.3 Å². The van der Waals surface area contributed by atoms with Gasteiger partial charge in [0.05, 0.1) is 11.3 Å². The smallest absolute Gasteiger partial charge is 0.101 e. The van der Waals surface area contributed by atoms with Crippen molar-refractivity contribution >= 4 is 5.69 Å². The van der Waals surface area contributed by atoms with Crippen LogP contribution < -0.4 is 11.1 Å². The minimum atomic E-state index is 0.418. The minimum Gasteiger partial charge on any atom is -0.384 e. The van der Waals surface area contributed by atoms with Gasteiger partial charge in [-0.05, 0) is 24.6 Å². The summed E-state index contributed by atoms with van der Waals surface area (Å²) in [6.45, 7) is 3.53. The number of hydrogen-bond donors (Lipinski definition) is 2. The largest absolute Gasteiger partial charge is 0.384 e. The predicted octanol–water partition coefficient (Wildman–Crippen LogP) is 1.56. The van der Waals surface area contributed by atoms with E-state index in [1.54, 1.807) is 6.07 Å². The number of benzene rings is 1. The van der Waals surface area contributed by atoms with Crippen LogP contribution in [0.5, 0.6) is 0 Å². The summed E-state index contributed by atoms with van der Waals surface area (Å²) in [5.74, 6) is 0.418. The molecule has 0 saturated carbocycles. The Balaban J connectivity index is 2.63. The maximum absolute atomic E-state index is 8.83. The monoisotopic (exact) mass is 189 g/mol. The maximum atomic E-state index is 8.83. The molecule has 1 unspecified atom stereocenters. The second-order valence-electron chi connectivity index (χ2n) is 3.38. The summed E-state index contributed by atoms with van der Waals surface area (Å²) in [6, 6.07) is 9.62. The highest BCUT2D eigenvalue weighted by Crippen LogP contribution is 2.13. The molecular formula is C11H15N3. The van der Waals surface area contributed by atoms with E-state index in [9.17, 15) is 0 Å².